The molecule has 0 aromatic carbocycles. The lowest BCUT2D eigenvalue weighted by atomic mass is 9.77. The van der Waals surface area contributed by atoms with Gasteiger partial charge in [0.1, 0.15) is 6.29 Å². The van der Waals surface area contributed by atoms with Crippen LogP contribution in [0.4, 0.5) is 0 Å². The maximum atomic E-state index is 10.4. The molecule has 0 bridgehead atoms. The van der Waals surface area contributed by atoms with Crippen LogP contribution in [0.5, 0.6) is 0 Å². The number of hydrogen-bond donors (Lipinski definition) is 1. The third kappa shape index (κ3) is 6.95. The molecule has 0 heterocycles. The van der Waals surface area contributed by atoms with Crippen molar-refractivity contribution in [3.63, 3.8) is 0 Å². The van der Waals surface area contributed by atoms with E-state index in [9.17, 15) is 4.79 Å². The molecule has 15 heavy (non-hydrogen) atoms. The fourth-order valence-electron chi connectivity index (χ4n) is 1.70. The molecule has 2 nitrogen and oxygen atoms in total. The van der Waals surface area contributed by atoms with Gasteiger partial charge in [0.15, 0.2) is 0 Å². The van der Waals surface area contributed by atoms with Crippen LogP contribution in [0, 0.1) is 5.41 Å². The summed E-state index contributed by atoms with van der Waals surface area (Å²) in [5.74, 6) is 0. The van der Waals surface area contributed by atoms with Crippen molar-refractivity contribution in [2.45, 2.75) is 45.4 Å². The number of aldehydes is 1. The molecular formula is C13H23NO. The van der Waals surface area contributed by atoms with E-state index in [1.54, 1.807) is 0 Å². The number of nitrogens with two attached hydrogens (primary N) is 1. The molecule has 1 unspecified atom stereocenters. The van der Waals surface area contributed by atoms with Crippen LogP contribution in [-0.2, 0) is 4.79 Å². The van der Waals surface area contributed by atoms with Crippen molar-refractivity contribution in [1.82, 2.24) is 0 Å². The monoisotopic (exact) mass is 209 g/mol. The van der Waals surface area contributed by atoms with Crippen molar-refractivity contribution >= 4 is 6.29 Å². The Bertz CT molecular complexity index is 209. The third-order valence-electron chi connectivity index (χ3n) is 2.87. The normalized spacial score (nSPS) is 14.2. The molecule has 2 heteroatoms. The van der Waals surface area contributed by atoms with Gasteiger partial charge in [-0.2, -0.15) is 0 Å². The molecule has 0 spiro atoms. The molecule has 0 aliphatic rings. The first-order valence-electron chi connectivity index (χ1n) is 5.52. The third-order valence-corrected chi connectivity index (χ3v) is 2.87. The lowest BCUT2D eigenvalue weighted by Gasteiger charge is -2.28. The summed E-state index contributed by atoms with van der Waals surface area (Å²) in [5, 5.41) is 0. The summed E-state index contributed by atoms with van der Waals surface area (Å²) in [5.41, 5.74) is 6.49. The Hall–Kier alpha value is -1.05. The second-order valence-corrected chi connectivity index (χ2v) is 4.50. The zero-order valence-electron chi connectivity index (χ0n) is 9.80. The van der Waals surface area contributed by atoms with Crippen LogP contribution >= 0.6 is 0 Å². The quantitative estimate of drug-likeness (QED) is 0.468. The Labute approximate surface area is 93.2 Å². The molecule has 0 aliphatic heterocycles. The van der Waals surface area contributed by atoms with E-state index in [1.807, 2.05) is 6.08 Å². The summed E-state index contributed by atoms with van der Waals surface area (Å²) >= 11 is 0. The molecule has 0 fully saturated rings. The molecule has 0 radical (unpaired) electrons. The number of carbonyl (C=O) groups excluding carboxylic acids is 1. The van der Waals surface area contributed by atoms with Crippen LogP contribution < -0.4 is 5.73 Å². The molecule has 0 aromatic heterocycles. The van der Waals surface area contributed by atoms with Gasteiger partial charge in [0.05, 0.1) is 0 Å². The number of carbonyl (C=O) groups is 1. The van der Waals surface area contributed by atoms with Gasteiger partial charge < -0.3 is 10.5 Å². The Balaban J connectivity index is 4.17. The van der Waals surface area contributed by atoms with Crippen molar-refractivity contribution in [3.8, 4) is 0 Å². The zero-order valence-corrected chi connectivity index (χ0v) is 9.80. The first kappa shape index (κ1) is 13.9. The summed E-state index contributed by atoms with van der Waals surface area (Å²) in [6.45, 7) is 9.65. The summed E-state index contributed by atoms with van der Waals surface area (Å²) in [4.78, 5) is 10.4. The number of hydrogen-bond acceptors (Lipinski definition) is 2. The van der Waals surface area contributed by atoms with Gasteiger partial charge in [-0.25, -0.2) is 0 Å². The molecule has 0 aromatic rings. The molecule has 2 N–H and O–H groups in total. The van der Waals surface area contributed by atoms with E-state index in [0.29, 0.717) is 6.42 Å². The van der Waals surface area contributed by atoms with Gasteiger partial charge in [-0.3, -0.25) is 0 Å². The standard InChI is InChI=1S/C13H23NO/c1-4-5-8-13(3,9-6-11-15)10-7-12(2)14/h4,11H,1-2,5-10,14H2,3H3. The zero-order chi connectivity index (χ0) is 11.7. The van der Waals surface area contributed by atoms with E-state index in [4.69, 9.17) is 5.73 Å². The maximum Gasteiger partial charge on any atom is 0.120 e. The van der Waals surface area contributed by atoms with Crippen molar-refractivity contribution < 1.29 is 4.79 Å². The van der Waals surface area contributed by atoms with Crippen molar-refractivity contribution in [2.75, 3.05) is 0 Å². The maximum absolute atomic E-state index is 10.4. The Morgan fingerprint density at radius 3 is 2.40 bits per heavy atom. The molecule has 0 aliphatic carbocycles. The van der Waals surface area contributed by atoms with E-state index in [-0.39, 0.29) is 5.41 Å². The van der Waals surface area contributed by atoms with Crippen LogP contribution in [0.3, 0.4) is 0 Å². The Kier molecular flexibility index (Phi) is 6.76. The number of rotatable bonds is 9. The Morgan fingerprint density at radius 2 is 1.93 bits per heavy atom. The van der Waals surface area contributed by atoms with E-state index < -0.39 is 0 Å². The number of allylic oxidation sites excluding steroid dienone is 2. The van der Waals surface area contributed by atoms with Crippen molar-refractivity contribution in [2.24, 2.45) is 11.1 Å². The summed E-state index contributed by atoms with van der Waals surface area (Å²) in [7, 11) is 0. The fraction of sp³-hybridized carbons (Fsp3) is 0.615. The van der Waals surface area contributed by atoms with Gasteiger partial charge in [-0.15, -0.1) is 6.58 Å². The van der Waals surface area contributed by atoms with Crippen LogP contribution in [-0.4, -0.2) is 6.29 Å². The highest BCUT2D eigenvalue weighted by Gasteiger charge is 2.22. The van der Waals surface area contributed by atoms with Crippen molar-refractivity contribution in [3.05, 3.63) is 24.9 Å². The minimum atomic E-state index is 0.192. The van der Waals surface area contributed by atoms with Gasteiger partial charge >= 0.3 is 0 Å². The van der Waals surface area contributed by atoms with E-state index in [0.717, 1.165) is 44.1 Å². The highest BCUT2D eigenvalue weighted by molar-refractivity contribution is 5.49. The predicted molar refractivity (Wildman–Crippen MR) is 65.4 cm³/mol. The highest BCUT2D eigenvalue weighted by Crippen LogP contribution is 2.34. The average molecular weight is 209 g/mol. The van der Waals surface area contributed by atoms with Crippen LogP contribution in [0.1, 0.15) is 45.4 Å². The lowest BCUT2D eigenvalue weighted by molar-refractivity contribution is -0.108. The SMILES string of the molecule is C=CCCC(C)(CCC=O)CCC(=C)N. The minimum absolute atomic E-state index is 0.192. The van der Waals surface area contributed by atoms with Crippen LogP contribution in [0.15, 0.2) is 24.9 Å². The predicted octanol–water partition coefficient (Wildman–Crippen LogP) is 3.19. The summed E-state index contributed by atoms with van der Waals surface area (Å²) in [6.07, 6.45) is 8.38. The minimum Gasteiger partial charge on any atom is -0.403 e. The van der Waals surface area contributed by atoms with E-state index in [2.05, 4.69) is 20.1 Å². The van der Waals surface area contributed by atoms with Gasteiger partial charge in [0.25, 0.3) is 0 Å². The molecule has 1 atom stereocenters. The van der Waals surface area contributed by atoms with E-state index in [1.165, 1.54) is 0 Å². The molecular weight excluding hydrogens is 186 g/mol. The van der Waals surface area contributed by atoms with Gasteiger partial charge in [-0.1, -0.05) is 19.6 Å². The van der Waals surface area contributed by atoms with Gasteiger partial charge in [0, 0.05) is 12.1 Å². The largest absolute Gasteiger partial charge is 0.403 e. The Morgan fingerprint density at radius 1 is 1.33 bits per heavy atom. The second kappa shape index (κ2) is 7.27. The summed E-state index contributed by atoms with van der Waals surface area (Å²) < 4.78 is 0. The lowest BCUT2D eigenvalue weighted by Crippen LogP contribution is -2.17. The fourth-order valence-corrected chi connectivity index (χ4v) is 1.70. The van der Waals surface area contributed by atoms with E-state index >= 15 is 0 Å². The summed E-state index contributed by atoms with van der Waals surface area (Å²) in [6, 6.07) is 0. The van der Waals surface area contributed by atoms with Crippen molar-refractivity contribution in [1.29, 1.82) is 0 Å². The van der Waals surface area contributed by atoms with Crippen LogP contribution in [0.25, 0.3) is 0 Å². The molecule has 0 amide bonds. The molecule has 0 saturated carbocycles. The second-order valence-electron chi connectivity index (χ2n) is 4.50. The smallest absolute Gasteiger partial charge is 0.120 e. The topological polar surface area (TPSA) is 43.1 Å². The highest BCUT2D eigenvalue weighted by atomic mass is 16.1. The van der Waals surface area contributed by atoms with Gasteiger partial charge in [-0.05, 0) is 37.5 Å². The van der Waals surface area contributed by atoms with Gasteiger partial charge in [0.2, 0.25) is 0 Å². The molecule has 86 valence electrons. The molecule has 0 rings (SSSR count). The molecule has 0 saturated heterocycles. The first-order chi connectivity index (χ1) is 7.04. The average Bonchev–Trinajstić information content (AvgIpc) is 2.21. The first-order valence-corrected chi connectivity index (χ1v) is 5.52. The van der Waals surface area contributed by atoms with Crippen LogP contribution in [0.2, 0.25) is 0 Å².